The fourth-order valence-corrected chi connectivity index (χ4v) is 4.09. The standard InChI is InChI=1S/C19H15NO5S2/c21-14-7-6-11(8-15(14)22)9-16-18(25)20(19(26)27-16)13(10-17(23)24)12-4-2-1-3-5-12/h1-9,13,21-22H,10H2,(H,23,24). The number of carbonyl (C=O) groups is 2. The third-order valence-electron chi connectivity index (χ3n) is 3.98. The molecule has 1 amide bonds. The molecule has 3 N–H and O–H groups in total. The Hall–Kier alpha value is -2.84. The molecule has 1 unspecified atom stereocenters. The molecule has 1 heterocycles. The van der Waals surface area contributed by atoms with Crippen LogP contribution in [0.25, 0.3) is 6.08 Å². The number of carbonyl (C=O) groups excluding carboxylic acids is 1. The molecule has 0 radical (unpaired) electrons. The van der Waals surface area contributed by atoms with Crippen LogP contribution in [-0.4, -0.2) is 36.4 Å². The van der Waals surface area contributed by atoms with Gasteiger partial charge in [0, 0.05) is 0 Å². The van der Waals surface area contributed by atoms with Gasteiger partial charge >= 0.3 is 5.97 Å². The van der Waals surface area contributed by atoms with E-state index in [1.807, 2.05) is 6.07 Å². The number of thiocarbonyl (C=S) groups is 1. The lowest BCUT2D eigenvalue weighted by Gasteiger charge is -2.26. The number of aromatic hydroxyl groups is 2. The van der Waals surface area contributed by atoms with E-state index in [4.69, 9.17) is 12.2 Å². The molecule has 1 aliphatic heterocycles. The highest BCUT2D eigenvalue weighted by Gasteiger charge is 2.38. The summed E-state index contributed by atoms with van der Waals surface area (Å²) >= 11 is 6.40. The van der Waals surface area contributed by atoms with Gasteiger partial charge < -0.3 is 15.3 Å². The maximum atomic E-state index is 12.9. The highest BCUT2D eigenvalue weighted by molar-refractivity contribution is 8.26. The summed E-state index contributed by atoms with van der Waals surface area (Å²) in [5.41, 5.74) is 1.19. The predicted octanol–water partition coefficient (Wildman–Crippen LogP) is 3.52. The van der Waals surface area contributed by atoms with Gasteiger partial charge in [-0.05, 0) is 29.3 Å². The van der Waals surface area contributed by atoms with Gasteiger partial charge in [0.05, 0.1) is 17.4 Å². The zero-order valence-electron chi connectivity index (χ0n) is 13.9. The molecule has 3 rings (SSSR count). The van der Waals surface area contributed by atoms with E-state index in [0.717, 1.165) is 11.8 Å². The first kappa shape index (κ1) is 18.9. The molecule has 6 nitrogen and oxygen atoms in total. The molecule has 1 saturated heterocycles. The summed E-state index contributed by atoms with van der Waals surface area (Å²) in [6.07, 6.45) is 1.27. The fraction of sp³-hybridized carbons (Fsp3) is 0.105. The average Bonchev–Trinajstić information content (AvgIpc) is 2.90. The van der Waals surface area contributed by atoms with Gasteiger partial charge in [-0.15, -0.1) is 0 Å². The van der Waals surface area contributed by atoms with Crippen molar-refractivity contribution in [1.29, 1.82) is 0 Å². The van der Waals surface area contributed by atoms with Crippen molar-refractivity contribution < 1.29 is 24.9 Å². The molecule has 2 aromatic rings. The summed E-state index contributed by atoms with van der Waals surface area (Å²) in [6, 6.07) is 12.4. The van der Waals surface area contributed by atoms with Gasteiger partial charge in [-0.3, -0.25) is 14.5 Å². The molecule has 1 fully saturated rings. The van der Waals surface area contributed by atoms with E-state index in [1.54, 1.807) is 36.4 Å². The van der Waals surface area contributed by atoms with Gasteiger partial charge in [-0.1, -0.05) is 60.4 Å². The molecular weight excluding hydrogens is 386 g/mol. The van der Waals surface area contributed by atoms with Crippen molar-refractivity contribution in [3.8, 4) is 11.5 Å². The number of nitrogens with zero attached hydrogens (tertiary/aromatic N) is 1. The maximum Gasteiger partial charge on any atom is 0.305 e. The molecule has 0 aromatic heterocycles. The molecule has 138 valence electrons. The van der Waals surface area contributed by atoms with Crippen molar-refractivity contribution in [2.75, 3.05) is 0 Å². The van der Waals surface area contributed by atoms with Crippen LogP contribution in [0.15, 0.2) is 53.4 Å². The van der Waals surface area contributed by atoms with Crippen molar-refractivity contribution in [2.45, 2.75) is 12.5 Å². The number of carboxylic acids is 1. The Morgan fingerprint density at radius 2 is 1.85 bits per heavy atom. The normalized spacial score (nSPS) is 16.7. The minimum atomic E-state index is -1.04. The summed E-state index contributed by atoms with van der Waals surface area (Å²) in [5.74, 6) is -1.99. The second-order valence-corrected chi connectivity index (χ2v) is 7.50. The lowest BCUT2D eigenvalue weighted by molar-refractivity contribution is -0.138. The highest BCUT2D eigenvalue weighted by Crippen LogP contribution is 2.40. The van der Waals surface area contributed by atoms with Crippen molar-refractivity contribution in [2.24, 2.45) is 0 Å². The van der Waals surface area contributed by atoms with Gasteiger partial charge in [-0.2, -0.15) is 0 Å². The third kappa shape index (κ3) is 4.12. The zero-order valence-corrected chi connectivity index (χ0v) is 15.5. The SMILES string of the molecule is O=C(O)CC(c1ccccc1)N1C(=O)C(=Cc2ccc(O)c(O)c2)SC1=S. The fourth-order valence-electron chi connectivity index (χ4n) is 2.73. The van der Waals surface area contributed by atoms with Gasteiger partial charge in [-0.25, -0.2) is 0 Å². The third-order valence-corrected chi connectivity index (χ3v) is 5.32. The van der Waals surface area contributed by atoms with E-state index < -0.39 is 17.9 Å². The van der Waals surface area contributed by atoms with Crippen LogP contribution in [0.1, 0.15) is 23.6 Å². The van der Waals surface area contributed by atoms with Crippen LogP contribution >= 0.6 is 24.0 Å². The molecular formula is C19H15NO5S2. The van der Waals surface area contributed by atoms with E-state index in [2.05, 4.69) is 0 Å². The summed E-state index contributed by atoms with van der Waals surface area (Å²) in [7, 11) is 0. The van der Waals surface area contributed by atoms with Gasteiger partial charge in [0.15, 0.2) is 11.5 Å². The monoisotopic (exact) mass is 401 g/mol. The molecule has 27 heavy (non-hydrogen) atoms. The van der Waals surface area contributed by atoms with Crippen LogP contribution in [0.4, 0.5) is 0 Å². The Morgan fingerprint density at radius 1 is 1.15 bits per heavy atom. The molecule has 8 heteroatoms. The molecule has 0 bridgehead atoms. The van der Waals surface area contributed by atoms with Crippen LogP contribution in [0.3, 0.4) is 0 Å². The quantitative estimate of drug-likeness (QED) is 0.401. The minimum Gasteiger partial charge on any atom is -0.504 e. The van der Waals surface area contributed by atoms with E-state index in [1.165, 1.54) is 17.0 Å². The topological polar surface area (TPSA) is 98.1 Å². The van der Waals surface area contributed by atoms with Gasteiger partial charge in [0.1, 0.15) is 4.32 Å². The number of amides is 1. The van der Waals surface area contributed by atoms with Crippen molar-refractivity contribution in [3.05, 3.63) is 64.6 Å². The number of rotatable bonds is 5. The predicted molar refractivity (Wildman–Crippen MR) is 106 cm³/mol. The first-order valence-electron chi connectivity index (χ1n) is 7.92. The lowest BCUT2D eigenvalue weighted by atomic mass is 10.0. The van der Waals surface area contributed by atoms with Crippen molar-refractivity contribution in [3.63, 3.8) is 0 Å². The smallest absolute Gasteiger partial charge is 0.305 e. The largest absolute Gasteiger partial charge is 0.504 e. The Kier molecular flexibility index (Phi) is 5.48. The summed E-state index contributed by atoms with van der Waals surface area (Å²) in [6.45, 7) is 0. The zero-order chi connectivity index (χ0) is 19.6. The number of hydrogen-bond donors (Lipinski definition) is 3. The van der Waals surface area contributed by atoms with Gasteiger partial charge in [0.2, 0.25) is 0 Å². The molecule has 1 aliphatic rings. The number of hydrogen-bond acceptors (Lipinski definition) is 6. The highest BCUT2D eigenvalue weighted by atomic mass is 32.2. The van der Waals surface area contributed by atoms with Crippen molar-refractivity contribution in [1.82, 2.24) is 4.90 Å². The van der Waals surface area contributed by atoms with Crippen molar-refractivity contribution >= 4 is 46.3 Å². The Labute approximate surface area is 164 Å². The number of carboxylic acid groups (broad SMARTS) is 1. The van der Waals surface area contributed by atoms with Crippen LogP contribution in [-0.2, 0) is 9.59 Å². The number of aliphatic carboxylic acids is 1. The maximum absolute atomic E-state index is 12.9. The van der Waals surface area contributed by atoms with E-state index in [-0.39, 0.29) is 22.2 Å². The summed E-state index contributed by atoms with van der Waals surface area (Å²) in [5, 5.41) is 28.3. The number of phenols is 2. The lowest BCUT2D eigenvalue weighted by Crippen LogP contribution is -2.34. The van der Waals surface area contributed by atoms with E-state index in [9.17, 15) is 24.9 Å². The molecule has 1 atom stereocenters. The van der Waals surface area contributed by atoms with Crippen LogP contribution < -0.4 is 0 Å². The summed E-state index contributed by atoms with van der Waals surface area (Å²) in [4.78, 5) is 25.9. The second-order valence-electron chi connectivity index (χ2n) is 5.82. The summed E-state index contributed by atoms with van der Waals surface area (Å²) < 4.78 is 0.268. The van der Waals surface area contributed by atoms with Crippen LogP contribution in [0.2, 0.25) is 0 Å². The number of phenolic OH excluding ortho intramolecular Hbond substituents is 2. The molecule has 0 aliphatic carbocycles. The number of thioether (sulfide) groups is 1. The molecule has 0 saturated carbocycles. The second kappa shape index (κ2) is 7.81. The van der Waals surface area contributed by atoms with Crippen LogP contribution in [0, 0.1) is 0 Å². The first-order valence-corrected chi connectivity index (χ1v) is 9.15. The molecule has 2 aromatic carbocycles. The number of benzene rings is 2. The molecule has 0 spiro atoms. The Balaban J connectivity index is 1.95. The van der Waals surface area contributed by atoms with Gasteiger partial charge in [0.25, 0.3) is 5.91 Å². The van der Waals surface area contributed by atoms with E-state index in [0.29, 0.717) is 16.0 Å². The van der Waals surface area contributed by atoms with E-state index >= 15 is 0 Å². The minimum absolute atomic E-state index is 0.259. The average molecular weight is 401 g/mol. The Bertz CT molecular complexity index is 942. The Morgan fingerprint density at radius 3 is 2.48 bits per heavy atom. The first-order chi connectivity index (χ1) is 12.9. The van der Waals surface area contributed by atoms with Crippen LogP contribution in [0.5, 0.6) is 11.5 Å².